The average Bonchev–Trinajstić information content (AvgIpc) is 2.14. The number of hydrogen-bond acceptors (Lipinski definition) is 2. The van der Waals surface area contributed by atoms with Gasteiger partial charge in [-0.2, -0.15) is 5.26 Å². The number of hydrogen-bond donors (Lipinski definition) is 1. The van der Waals surface area contributed by atoms with E-state index in [2.05, 4.69) is 11.8 Å². The fourth-order valence-corrected chi connectivity index (χ4v) is 1.13. The van der Waals surface area contributed by atoms with Gasteiger partial charge in [-0.15, -0.1) is 0 Å². The van der Waals surface area contributed by atoms with E-state index in [0.29, 0.717) is 5.56 Å². The van der Waals surface area contributed by atoms with Crippen molar-refractivity contribution >= 4 is 17.6 Å². The Morgan fingerprint density at radius 1 is 1.50 bits per heavy atom. The van der Waals surface area contributed by atoms with Crippen molar-refractivity contribution in [2.24, 2.45) is 0 Å². The Morgan fingerprint density at radius 2 is 2.21 bits per heavy atom. The molecule has 0 unspecified atom stereocenters. The molecule has 0 bridgehead atoms. The maximum absolute atomic E-state index is 10.6. The van der Waals surface area contributed by atoms with E-state index < -0.39 is 5.97 Å². The lowest BCUT2D eigenvalue weighted by Gasteiger charge is -1.97. The van der Waals surface area contributed by atoms with Crippen LogP contribution in [-0.2, 0) is 0 Å². The molecule has 1 aromatic carbocycles. The third-order valence-electron chi connectivity index (χ3n) is 1.46. The Kier molecular flexibility index (Phi) is 3.12. The molecule has 0 aliphatic heterocycles. The zero-order valence-corrected chi connectivity index (χ0v) is 7.67. The molecule has 0 aliphatic rings. The number of carboxylic acid groups (broad SMARTS) is 1. The number of carboxylic acids is 1. The van der Waals surface area contributed by atoms with Crippen LogP contribution >= 0.6 is 11.6 Å². The first-order chi connectivity index (χ1) is 6.65. The van der Waals surface area contributed by atoms with E-state index in [0.717, 1.165) is 0 Å². The van der Waals surface area contributed by atoms with Crippen molar-refractivity contribution in [1.29, 1.82) is 5.26 Å². The van der Waals surface area contributed by atoms with Crippen LogP contribution < -0.4 is 0 Å². The summed E-state index contributed by atoms with van der Waals surface area (Å²) in [6.45, 7) is 0. The second kappa shape index (κ2) is 4.32. The van der Waals surface area contributed by atoms with Crippen LogP contribution in [-0.4, -0.2) is 11.1 Å². The summed E-state index contributed by atoms with van der Waals surface area (Å²) in [5, 5.41) is 17.0. The quantitative estimate of drug-likeness (QED) is 0.713. The Balaban J connectivity index is 3.14. The zero-order chi connectivity index (χ0) is 10.6. The maximum Gasteiger partial charge on any atom is 0.337 e. The van der Waals surface area contributed by atoms with Crippen LogP contribution in [0.2, 0.25) is 5.02 Å². The largest absolute Gasteiger partial charge is 0.478 e. The Labute approximate surface area is 85.5 Å². The second-order valence-corrected chi connectivity index (χ2v) is 2.77. The van der Waals surface area contributed by atoms with Crippen LogP contribution in [0.15, 0.2) is 18.2 Å². The smallest absolute Gasteiger partial charge is 0.337 e. The standard InChI is InChI=1S/C10H4ClNO2/c11-9-6-7(2-1-5-12)3-4-8(9)10(13)14/h3-4,6H,(H,13,14). The van der Waals surface area contributed by atoms with E-state index in [9.17, 15) is 4.79 Å². The van der Waals surface area contributed by atoms with Gasteiger partial charge in [-0.25, -0.2) is 4.79 Å². The van der Waals surface area contributed by atoms with E-state index in [1.54, 1.807) is 6.07 Å². The van der Waals surface area contributed by atoms with Crippen molar-refractivity contribution in [3.05, 3.63) is 34.3 Å². The van der Waals surface area contributed by atoms with Crippen molar-refractivity contribution in [2.75, 3.05) is 0 Å². The summed E-state index contributed by atoms with van der Waals surface area (Å²) in [5.74, 6) is 3.61. The summed E-state index contributed by atoms with van der Waals surface area (Å²) < 4.78 is 0. The lowest BCUT2D eigenvalue weighted by Crippen LogP contribution is -1.97. The first kappa shape index (κ1) is 10.1. The van der Waals surface area contributed by atoms with E-state index in [-0.39, 0.29) is 10.6 Å². The van der Waals surface area contributed by atoms with E-state index in [4.69, 9.17) is 22.0 Å². The number of benzene rings is 1. The van der Waals surface area contributed by atoms with Crippen molar-refractivity contribution in [1.82, 2.24) is 0 Å². The highest BCUT2D eigenvalue weighted by atomic mass is 35.5. The lowest BCUT2D eigenvalue weighted by atomic mass is 10.1. The van der Waals surface area contributed by atoms with Gasteiger partial charge in [-0.1, -0.05) is 17.5 Å². The molecule has 1 N–H and O–H groups in total. The van der Waals surface area contributed by atoms with Gasteiger partial charge in [0.15, 0.2) is 6.07 Å². The maximum atomic E-state index is 10.6. The normalized spacial score (nSPS) is 8.29. The molecule has 0 amide bonds. The molecular weight excluding hydrogens is 202 g/mol. The lowest BCUT2D eigenvalue weighted by molar-refractivity contribution is 0.0697. The highest BCUT2D eigenvalue weighted by molar-refractivity contribution is 6.33. The molecule has 1 aromatic rings. The van der Waals surface area contributed by atoms with Gasteiger partial charge in [0.25, 0.3) is 0 Å². The molecule has 3 nitrogen and oxygen atoms in total. The summed E-state index contributed by atoms with van der Waals surface area (Å²) in [4.78, 5) is 10.6. The summed E-state index contributed by atoms with van der Waals surface area (Å²) >= 11 is 5.67. The van der Waals surface area contributed by atoms with Crippen LogP contribution in [0.3, 0.4) is 0 Å². The van der Waals surface area contributed by atoms with E-state index in [1.807, 2.05) is 0 Å². The Hall–Kier alpha value is -1.97. The summed E-state index contributed by atoms with van der Waals surface area (Å²) in [7, 11) is 0. The van der Waals surface area contributed by atoms with Gasteiger partial charge in [0.05, 0.1) is 10.6 Å². The summed E-state index contributed by atoms with van der Waals surface area (Å²) in [5.41, 5.74) is 0.538. The summed E-state index contributed by atoms with van der Waals surface area (Å²) in [6, 6.07) is 5.92. The molecule has 1 rings (SSSR count). The molecule has 0 saturated carbocycles. The Bertz CT molecular complexity index is 477. The fraction of sp³-hybridized carbons (Fsp3) is 0. The van der Waals surface area contributed by atoms with Gasteiger partial charge in [0.1, 0.15) is 0 Å². The topological polar surface area (TPSA) is 61.1 Å². The first-order valence-corrected chi connectivity index (χ1v) is 3.96. The number of rotatable bonds is 1. The first-order valence-electron chi connectivity index (χ1n) is 3.58. The van der Waals surface area contributed by atoms with Crippen LogP contribution in [0, 0.1) is 23.2 Å². The minimum Gasteiger partial charge on any atom is -0.478 e. The number of aromatic carboxylic acids is 1. The zero-order valence-electron chi connectivity index (χ0n) is 6.91. The number of nitrogens with zero attached hydrogens (tertiary/aromatic N) is 1. The molecule has 0 radical (unpaired) electrons. The molecule has 0 atom stereocenters. The molecule has 4 heteroatoms. The minimum absolute atomic E-state index is 0.0224. The van der Waals surface area contributed by atoms with Crippen molar-refractivity contribution < 1.29 is 9.90 Å². The molecule has 0 spiro atoms. The fourth-order valence-electron chi connectivity index (χ4n) is 0.866. The Morgan fingerprint density at radius 3 is 2.71 bits per heavy atom. The number of nitriles is 1. The van der Waals surface area contributed by atoms with E-state index in [1.165, 1.54) is 18.2 Å². The molecule has 0 heterocycles. The minimum atomic E-state index is -1.09. The van der Waals surface area contributed by atoms with Gasteiger partial charge < -0.3 is 5.11 Å². The van der Waals surface area contributed by atoms with Gasteiger partial charge in [0, 0.05) is 11.5 Å². The van der Waals surface area contributed by atoms with Crippen LogP contribution in [0.25, 0.3) is 0 Å². The van der Waals surface area contributed by atoms with Crippen LogP contribution in [0.4, 0.5) is 0 Å². The molecule has 68 valence electrons. The van der Waals surface area contributed by atoms with Crippen LogP contribution in [0.5, 0.6) is 0 Å². The number of halogens is 1. The monoisotopic (exact) mass is 205 g/mol. The molecule has 14 heavy (non-hydrogen) atoms. The van der Waals surface area contributed by atoms with Crippen LogP contribution in [0.1, 0.15) is 15.9 Å². The van der Waals surface area contributed by atoms with Crippen molar-refractivity contribution in [2.45, 2.75) is 0 Å². The predicted octanol–water partition coefficient (Wildman–Crippen LogP) is 1.91. The van der Waals surface area contributed by atoms with Gasteiger partial charge in [-0.05, 0) is 18.2 Å². The third-order valence-corrected chi connectivity index (χ3v) is 1.77. The summed E-state index contributed by atoms with van der Waals surface area (Å²) in [6.07, 6.45) is 0. The average molecular weight is 206 g/mol. The highest BCUT2D eigenvalue weighted by Crippen LogP contribution is 2.17. The molecule has 0 saturated heterocycles. The van der Waals surface area contributed by atoms with Gasteiger partial charge >= 0.3 is 5.97 Å². The van der Waals surface area contributed by atoms with Gasteiger partial charge in [-0.3, -0.25) is 0 Å². The molecular formula is C10H4ClNO2. The predicted molar refractivity (Wildman–Crippen MR) is 50.9 cm³/mol. The van der Waals surface area contributed by atoms with E-state index >= 15 is 0 Å². The highest BCUT2D eigenvalue weighted by Gasteiger charge is 2.07. The van der Waals surface area contributed by atoms with Gasteiger partial charge in [0.2, 0.25) is 0 Å². The number of carbonyl (C=O) groups is 1. The third kappa shape index (κ3) is 2.26. The SMILES string of the molecule is N#CC#Cc1ccc(C(=O)O)c(Cl)c1. The second-order valence-electron chi connectivity index (χ2n) is 2.36. The molecule has 0 fully saturated rings. The van der Waals surface area contributed by atoms with Crippen molar-refractivity contribution in [3.8, 4) is 17.9 Å². The van der Waals surface area contributed by atoms with Crippen molar-refractivity contribution in [3.63, 3.8) is 0 Å². The molecule has 0 aliphatic carbocycles. The molecule has 0 aromatic heterocycles.